The summed E-state index contributed by atoms with van der Waals surface area (Å²) in [6, 6.07) is 0.496. The Hall–Kier alpha value is -3.29. The third-order valence-corrected chi connectivity index (χ3v) is 8.95. The van der Waals surface area contributed by atoms with Gasteiger partial charge in [0.25, 0.3) is 18.3 Å². The Labute approximate surface area is 225 Å². The number of anilines is 2. The predicted molar refractivity (Wildman–Crippen MR) is 134 cm³/mol. The molecule has 6 rings (SSSR count). The van der Waals surface area contributed by atoms with Crippen LogP contribution in [0.1, 0.15) is 75.9 Å². The number of amides is 1. The van der Waals surface area contributed by atoms with Crippen LogP contribution in [0, 0.1) is 5.92 Å². The van der Waals surface area contributed by atoms with Crippen LogP contribution < -0.4 is 10.6 Å². The van der Waals surface area contributed by atoms with Crippen molar-refractivity contribution in [2.75, 3.05) is 5.32 Å². The Morgan fingerprint density at radius 3 is 2.67 bits per heavy atom. The van der Waals surface area contributed by atoms with Crippen molar-refractivity contribution in [3.63, 3.8) is 0 Å². The average Bonchev–Trinajstić information content (AvgIpc) is 3.35. The van der Waals surface area contributed by atoms with Gasteiger partial charge in [0.05, 0.1) is 5.56 Å². The number of aromatic nitrogens is 5. The second-order valence-corrected chi connectivity index (χ2v) is 11.8. The van der Waals surface area contributed by atoms with Gasteiger partial charge in [-0.25, -0.2) is 17.6 Å². The van der Waals surface area contributed by atoms with Gasteiger partial charge in [0.15, 0.2) is 0 Å². The molecule has 0 bridgehead atoms. The minimum absolute atomic E-state index is 0.0429. The number of Topliss-reactive ketones (excluding diaryl/α,β-unsaturated/α-hetero) is 1. The van der Waals surface area contributed by atoms with Crippen LogP contribution in [0.2, 0.25) is 0 Å². The van der Waals surface area contributed by atoms with E-state index < -0.39 is 24.3 Å². The summed E-state index contributed by atoms with van der Waals surface area (Å²) in [5, 5.41) is 17.7. The molecule has 3 aliphatic carbocycles. The van der Waals surface area contributed by atoms with Crippen molar-refractivity contribution < 1.29 is 27.2 Å². The van der Waals surface area contributed by atoms with E-state index in [1.165, 1.54) is 22.1 Å². The highest BCUT2D eigenvalue weighted by molar-refractivity contribution is 7.12. The molecule has 3 aromatic heterocycles. The monoisotopic (exact) mass is 565 g/mol. The quantitative estimate of drug-likeness (QED) is 0.369. The standard InChI is InChI=1S/C25H27F4N7O2S/c1-35-20(7-16(34-35)22(26)27)32-24-33-30-11-36(24)14-4-5-18-15(6-14)21(19(39-18)8-17(37)12-2-3-12)23(38)31-13-9-25(28,29)10-13/h7,11-14,22H,2-6,8-10H2,1H3,(H,31,38)(H,32,33)/t14-/m0/s1. The topological polar surface area (TPSA) is 107 Å². The van der Waals surface area contributed by atoms with E-state index in [9.17, 15) is 27.2 Å². The number of hydrogen-bond acceptors (Lipinski definition) is 7. The lowest BCUT2D eigenvalue weighted by molar-refractivity contribution is -0.119. The molecule has 1 amide bonds. The van der Waals surface area contributed by atoms with Crippen LogP contribution in [0.25, 0.3) is 0 Å². The number of nitrogens with zero attached hydrogens (tertiary/aromatic N) is 5. The second kappa shape index (κ2) is 9.72. The van der Waals surface area contributed by atoms with Crippen molar-refractivity contribution in [3.05, 3.63) is 39.0 Å². The zero-order valence-electron chi connectivity index (χ0n) is 21.1. The number of carbonyl (C=O) groups is 2. The van der Waals surface area contributed by atoms with E-state index in [1.54, 1.807) is 17.9 Å². The first-order valence-electron chi connectivity index (χ1n) is 12.9. The number of aryl methyl sites for hydroxylation is 2. The number of rotatable bonds is 9. The van der Waals surface area contributed by atoms with Crippen LogP contribution in [0.3, 0.4) is 0 Å². The molecule has 3 aliphatic rings. The van der Waals surface area contributed by atoms with E-state index in [0.717, 1.165) is 23.3 Å². The van der Waals surface area contributed by atoms with Crippen molar-refractivity contribution in [3.8, 4) is 0 Å². The second-order valence-electron chi connectivity index (χ2n) is 10.6. The maximum Gasteiger partial charge on any atom is 0.282 e. The summed E-state index contributed by atoms with van der Waals surface area (Å²) in [4.78, 5) is 27.8. The lowest BCUT2D eigenvalue weighted by Gasteiger charge is -2.35. The first-order chi connectivity index (χ1) is 18.6. The van der Waals surface area contributed by atoms with Crippen LogP contribution in [0.5, 0.6) is 0 Å². The van der Waals surface area contributed by atoms with Crippen molar-refractivity contribution >= 4 is 34.8 Å². The van der Waals surface area contributed by atoms with Crippen molar-refractivity contribution in [1.29, 1.82) is 0 Å². The van der Waals surface area contributed by atoms with E-state index in [4.69, 9.17) is 0 Å². The summed E-state index contributed by atoms with van der Waals surface area (Å²) in [6.45, 7) is 0. The smallest absolute Gasteiger partial charge is 0.282 e. The van der Waals surface area contributed by atoms with E-state index in [0.29, 0.717) is 41.5 Å². The summed E-state index contributed by atoms with van der Waals surface area (Å²) in [7, 11) is 1.54. The van der Waals surface area contributed by atoms with Gasteiger partial charge in [-0.05, 0) is 37.7 Å². The number of alkyl halides is 4. The van der Waals surface area contributed by atoms with Gasteiger partial charge in [-0.1, -0.05) is 0 Å². The molecule has 0 aliphatic heterocycles. The Kier molecular flexibility index (Phi) is 6.47. The number of carbonyl (C=O) groups excluding carboxylic acids is 2. The molecule has 3 aromatic rings. The summed E-state index contributed by atoms with van der Waals surface area (Å²) in [5.41, 5.74) is 0.887. The zero-order chi connectivity index (χ0) is 27.5. The number of thiophene rings is 1. The highest BCUT2D eigenvalue weighted by Gasteiger charge is 2.46. The Morgan fingerprint density at radius 2 is 2.00 bits per heavy atom. The molecule has 0 aromatic carbocycles. The van der Waals surface area contributed by atoms with Gasteiger partial charge in [-0.3, -0.25) is 18.8 Å². The number of ketones is 1. The third kappa shape index (κ3) is 5.18. The molecule has 2 saturated carbocycles. The normalized spacial score (nSPS) is 20.5. The fourth-order valence-electron chi connectivity index (χ4n) is 5.40. The van der Waals surface area contributed by atoms with Gasteiger partial charge in [0.1, 0.15) is 23.6 Å². The van der Waals surface area contributed by atoms with Gasteiger partial charge < -0.3 is 10.6 Å². The number of hydrogen-bond donors (Lipinski definition) is 2. The maximum atomic E-state index is 13.4. The molecule has 14 heteroatoms. The maximum absolute atomic E-state index is 13.4. The Balaban J connectivity index is 1.26. The fourth-order valence-corrected chi connectivity index (χ4v) is 6.76. The minimum Gasteiger partial charge on any atom is -0.349 e. The Bertz CT molecular complexity index is 1420. The summed E-state index contributed by atoms with van der Waals surface area (Å²) in [5.74, 6) is -2.35. The largest absolute Gasteiger partial charge is 0.349 e. The van der Waals surface area contributed by atoms with Crippen LogP contribution >= 0.6 is 11.3 Å². The third-order valence-electron chi connectivity index (χ3n) is 7.66. The molecule has 3 heterocycles. The highest BCUT2D eigenvalue weighted by atomic mass is 32.1. The first-order valence-corrected chi connectivity index (χ1v) is 13.7. The van der Waals surface area contributed by atoms with Crippen molar-refractivity contribution in [2.24, 2.45) is 13.0 Å². The Morgan fingerprint density at radius 1 is 1.23 bits per heavy atom. The lowest BCUT2D eigenvalue weighted by Crippen LogP contribution is -2.50. The van der Waals surface area contributed by atoms with Gasteiger partial charge >= 0.3 is 0 Å². The van der Waals surface area contributed by atoms with Crippen LogP contribution in [-0.2, 0) is 31.1 Å². The average molecular weight is 566 g/mol. The van der Waals surface area contributed by atoms with Crippen LogP contribution in [0.15, 0.2) is 12.4 Å². The fraction of sp³-hybridized carbons (Fsp3) is 0.560. The molecule has 2 fully saturated rings. The molecule has 2 N–H and O–H groups in total. The van der Waals surface area contributed by atoms with E-state index in [2.05, 4.69) is 25.9 Å². The highest BCUT2D eigenvalue weighted by Crippen LogP contribution is 2.42. The molecular formula is C25H27F4N7O2S. The predicted octanol–water partition coefficient (Wildman–Crippen LogP) is 4.53. The molecule has 0 radical (unpaired) electrons. The van der Waals surface area contributed by atoms with E-state index in [1.807, 2.05) is 0 Å². The van der Waals surface area contributed by atoms with E-state index in [-0.39, 0.29) is 42.7 Å². The van der Waals surface area contributed by atoms with Crippen molar-refractivity contribution in [2.45, 2.75) is 75.8 Å². The molecule has 39 heavy (non-hydrogen) atoms. The lowest BCUT2D eigenvalue weighted by atomic mass is 9.87. The molecule has 0 unspecified atom stereocenters. The molecule has 0 spiro atoms. The molecular weight excluding hydrogens is 538 g/mol. The SMILES string of the molecule is Cn1nc(C(F)F)cc1Nc1nncn1[C@H]1CCc2sc(CC(=O)C3CC3)c(C(=O)NC3CC(F)(F)C3)c2C1. The number of halogens is 4. The van der Waals surface area contributed by atoms with Gasteiger partial charge in [0, 0.05) is 60.1 Å². The number of fused-ring (bicyclic) bond motifs is 1. The van der Waals surface area contributed by atoms with Crippen LogP contribution in [0.4, 0.5) is 29.3 Å². The zero-order valence-corrected chi connectivity index (χ0v) is 21.9. The molecule has 9 nitrogen and oxygen atoms in total. The minimum atomic E-state index is -2.76. The molecule has 0 saturated heterocycles. The first kappa shape index (κ1) is 26.0. The van der Waals surface area contributed by atoms with Crippen molar-refractivity contribution in [1.82, 2.24) is 29.9 Å². The summed E-state index contributed by atoms with van der Waals surface area (Å²) < 4.78 is 56.1. The molecule has 1 atom stereocenters. The van der Waals surface area contributed by atoms with Crippen LogP contribution in [-0.4, -0.2) is 48.2 Å². The van der Waals surface area contributed by atoms with Gasteiger partial charge in [-0.2, -0.15) is 5.10 Å². The summed E-state index contributed by atoms with van der Waals surface area (Å²) >= 11 is 1.46. The number of nitrogens with one attached hydrogen (secondary N) is 2. The summed E-state index contributed by atoms with van der Waals surface area (Å²) in [6.07, 6.45) is 1.77. The van der Waals surface area contributed by atoms with E-state index >= 15 is 0 Å². The molecule has 208 valence electrons. The van der Waals surface area contributed by atoms with Gasteiger partial charge in [-0.15, -0.1) is 21.5 Å². The van der Waals surface area contributed by atoms with Gasteiger partial charge in [0.2, 0.25) is 5.95 Å².